The Morgan fingerprint density at radius 1 is 1.28 bits per heavy atom. The smallest absolute Gasteiger partial charge is 0.258 e. The molecular weight excluding hydrogens is 320 g/mol. The second kappa shape index (κ2) is 6.32. The van der Waals surface area contributed by atoms with Crippen LogP contribution in [0.3, 0.4) is 0 Å². The van der Waals surface area contributed by atoms with Crippen LogP contribution in [0.2, 0.25) is 0 Å². The van der Waals surface area contributed by atoms with Crippen LogP contribution in [0.15, 0.2) is 33.5 Å². The molecule has 0 spiro atoms. The highest BCUT2D eigenvalue weighted by molar-refractivity contribution is 5.98. The molecule has 0 aliphatic carbocycles. The molecule has 7 nitrogen and oxygen atoms in total. The van der Waals surface area contributed by atoms with Crippen LogP contribution < -0.4 is 0 Å². The van der Waals surface area contributed by atoms with Gasteiger partial charge in [0.1, 0.15) is 28.7 Å². The lowest BCUT2D eigenvalue weighted by Crippen LogP contribution is -2.27. The van der Waals surface area contributed by atoms with Gasteiger partial charge in [0.25, 0.3) is 5.91 Å². The highest BCUT2D eigenvalue weighted by Gasteiger charge is 2.27. The standard InChI is InChI=1S/C18H18N4O3/c1-11-15(12(2)25-20-11)10-21(4)17(23)16-13(3)24-18(14(16)9-19)22-7-5-6-8-22/h5-8H,10H2,1-4H3. The van der Waals surface area contributed by atoms with Gasteiger partial charge < -0.3 is 13.8 Å². The number of hydrogen-bond acceptors (Lipinski definition) is 5. The van der Waals surface area contributed by atoms with Crippen molar-refractivity contribution in [3.05, 3.63) is 58.4 Å². The van der Waals surface area contributed by atoms with E-state index in [2.05, 4.69) is 11.2 Å². The molecular formula is C18H18N4O3. The number of nitrogens with zero attached hydrogens (tertiary/aromatic N) is 4. The van der Waals surface area contributed by atoms with Crippen LogP contribution in [-0.2, 0) is 6.54 Å². The summed E-state index contributed by atoms with van der Waals surface area (Å²) < 4.78 is 12.5. The van der Waals surface area contributed by atoms with Crippen molar-refractivity contribution < 1.29 is 13.7 Å². The minimum atomic E-state index is -0.281. The van der Waals surface area contributed by atoms with Crippen LogP contribution in [0.4, 0.5) is 0 Å². The zero-order valence-electron chi connectivity index (χ0n) is 14.5. The van der Waals surface area contributed by atoms with E-state index in [-0.39, 0.29) is 17.0 Å². The maximum atomic E-state index is 12.9. The van der Waals surface area contributed by atoms with E-state index in [4.69, 9.17) is 8.94 Å². The van der Waals surface area contributed by atoms with Gasteiger partial charge in [-0.2, -0.15) is 5.26 Å². The summed E-state index contributed by atoms with van der Waals surface area (Å²) in [5.41, 5.74) is 2.11. The molecule has 7 heteroatoms. The lowest BCUT2D eigenvalue weighted by atomic mass is 10.1. The largest absolute Gasteiger partial charge is 0.443 e. The zero-order chi connectivity index (χ0) is 18.1. The summed E-state index contributed by atoms with van der Waals surface area (Å²) in [5.74, 6) is 1.15. The molecule has 3 aromatic heterocycles. The lowest BCUT2D eigenvalue weighted by Gasteiger charge is -2.16. The number of amides is 1. The quantitative estimate of drug-likeness (QED) is 0.729. The summed E-state index contributed by atoms with van der Waals surface area (Å²) >= 11 is 0. The van der Waals surface area contributed by atoms with Gasteiger partial charge in [-0.05, 0) is 32.9 Å². The van der Waals surface area contributed by atoms with Gasteiger partial charge >= 0.3 is 0 Å². The third-order valence-corrected chi connectivity index (χ3v) is 4.15. The molecule has 0 saturated heterocycles. The zero-order valence-corrected chi connectivity index (χ0v) is 14.5. The summed E-state index contributed by atoms with van der Waals surface area (Å²) in [6, 6.07) is 5.74. The van der Waals surface area contributed by atoms with E-state index in [0.717, 1.165) is 11.3 Å². The number of aryl methyl sites for hydroxylation is 3. The second-order valence-electron chi connectivity index (χ2n) is 5.88. The SMILES string of the molecule is Cc1noc(C)c1CN(C)C(=O)c1c(C)oc(-n2cccc2)c1C#N. The van der Waals surface area contributed by atoms with E-state index in [0.29, 0.717) is 23.9 Å². The van der Waals surface area contributed by atoms with Gasteiger partial charge in [0.15, 0.2) is 0 Å². The second-order valence-corrected chi connectivity index (χ2v) is 5.88. The maximum absolute atomic E-state index is 12.9. The molecule has 0 atom stereocenters. The third kappa shape index (κ3) is 2.83. The number of hydrogen-bond donors (Lipinski definition) is 0. The van der Waals surface area contributed by atoms with Gasteiger partial charge in [0.2, 0.25) is 5.88 Å². The Balaban J connectivity index is 1.96. The van der Waals surface area contributed by atoms with Crippen LogP contribution in [0.25, 0.3) is 5.88 Å². The van der Waals surface area contributed by atoms with Crippen molar-refractivity contribution in [3.8, 4) is 12.0 Å². The predicted molar refractivity (Wildman–Crippen MR) is 89.3 cm³/mol. The third-order valence-electron chi connectivity index (χ3n) is 4.15. The Kier molecular flexibility index (Phi) is 4.19. The molecule has 0 unspecified atom stereocenters. The maximum Gasteiger partial charge on any atom is 0.258 e. The van der Waals surface area contributed by atoms with Gasteiger partial charge in [0.05, 0.1) is 12.2 Å². The van der Waals surface area contributed by atoms with Gasteiger partial charge in [-0.3, -0.25) is 9.36 Å². The van der Waals surface area contributed by atoms with Gasteiger partial charge in [-0.15, -0.1) is 0 Å². The van der Waals surface area contributed by atoms with Gasteiger partial charge in [-0.1, -0.05) is 5.16 Å². The minimum Gasteiger partial charge on any atom is -0.443 e. The van der Waals surface area contributed by atoms with Crippen molar-refractivity contribution in [2.75, 3.05) is 7.05 Å². The number of aromatic nitrogens is 2. The van der Waals surface area contributed by atoms with Crippen molar-refractivity contribution in [2.24, 2.45) is 0 Å². The van der Waals surface area contributed by atoms with Crippen LogP contribution in [0.1, 0.15) is 38.7 Å². The average molecular weight is 338 g/mol. The van der Waals surface area contributed by atoms with E-state index in [1.807, 2.05) is 26.0 Å². The van der Waals surface area contributed by atoms with Crippen molar-refractivity contribution in [1.82, 2.24) is 14.6 Å². The first-order valence-electron chi connectivity index (χ1n) is 7.78. The monoisotopic (exact) mass is 338 g/mol. The number of nitriles is 1. The molecule has 0 aromatic carbocycles. The fourth-order valence-corrected chi connectivity index (χ4v) is 2.77. The van der Waals surface area contributed by atoms with E-state index >= 15 is 0 Å². The first-order chi connectivity index (χ1) is 11.9. The Morgan fingerprint density at radius 3 is 2.52 bits per heavy atom. The van der Waals surface area contributed by atoms with Crippen LogP contribution in [-0.4, -0.2) is 27.6 Å². The summed E-state index contributed by atoms with van der Waals surface area (Å²) in [6.45, 7) is 5.67. The number of rotatable bonds is 4. The van der Waals surface area contributed by atoms with Crippen molar-refractivity contribution in [1.29, 1.82) is 5.26 Å². The first kappa shape index (κ1) is 16.6. The molecule has 0 fully saturated rings. The molecule has 3 heterocycles. The van der Waals surface area contributed by atoms with E-state index in [1.165, 1.54) is 4.90 Å². The van der Waals surface area contributed by atoms with Crippen LogP contribution in [0, 0.1) is 32.1 Å². The summed E-state index contributed by atoms with van der Waals surface area (Å²) in [6.07, 6.45) is 3.53. The molecule has 1 amide bonds. The molecule has 3 rings (SSSR count). The molecule has 128 valence electrons. The number of carbonyl (C=O) groups is 1. The van der Waals surface area contributed by atoms with Gasteiger partial charge in [0, 0.05) is 25.0 Å². The molecule has 25 heavy (non-hydrogen) atoms. The number of carbonyl (C=O) groups excluding carboxylic acids is 1. The van der Waals surface area contributed by atoms with Crippen molar-refractivity contribution in [3.63, 3.8) is 0 Å². The molecule has 0 aliphatic heterocycles. The fourth-order valence-electron chi connectivity index (χ4n) is 2.77. The van der Waals surface area contributed by atoms with E-state index < -0.39 is 0 Å². The van der Waals surface area contributed by atoms with Crippen molar-refractivity contribution in [2.45, 2.75) is 27.3 Å². The van der Waals surface area contributed by atoms with E-state index in [9.17, 15) is 10.1 Å². The van der Waals surface area contributed by atoms with Gasteiger partial charge in [-0.25, -0.2) is 0 Å². The summed E-state index contributed by atoms with van der Waals surface area (Å²) in [7, 11) is 1.68. The molecule has 0 bridgehead atoms. The van der Waals surface area contributed by atoms with Crippen LogP contribution in [0.5, 0.6) is 0 Å². The average Bonchev–Trinajstić information content (AvgIpc) is 3.29. The van der Waals surface area contributed by atoms with E-state index in [1.54, 1.807) is 30.9 Å². The van der Waals surface area contributed by atoms with Crippen molar-refractivity contribution >= 4 is 5.91 Å². The Hall–Kier alpha value is -3.27. The van der Waals surface area contributed by atoms with Crippen LogP contribution >= 0.6 is 0 Å². The molecule has 0 saturated carbocycles. The summed E-state index contributed by atoms with van der Waals surface area (Å²) in [4.78, 5) is 14.5. The first-order valence-corrected chi connectivity index (χ1v) is 7.78. The predicted octanol–water partition coefficient (Wildman–Crippen LogP) is 3.13. The minimum absolute atomic E-state index is 0.226. The molecule has 0 aliphatic rings. The topological polar surface area (TPSA) is 88.2 Å². The number of furan rings is 1. The molecule has 0 N–H and O–H groups in total. The lowest BCUT2D eigenvalue weighted by molar-refractivity contribution is 0.0782. The Labute approximate surface area is 145 Å². The highest BCUT2D eigenvalue weighted by atomic mass is 16.5. The summed E-state index contributed by atoms with van der Waals surface area (Å²) in [5, 5.41) is 13.5. The Bertz CT molecular complexity index is 938. The molecule has 3 aromatic rings. The molecule has 0 radical (unpaired) electrons. The normalized spacial score (nSPS) is 10.7. The fraction of sp³-hybridized carbons (Fsp3) is 0.278. The Morgan fingerprint density at radius 2 is 1.96 bits per heavy atom. The highest BCUT2D eigenvalue weighted by Crippen LogP contribution is 2.27.